The minimum absolute atomic E-state index is 0.110. The summed E-state index contributed by atoms with van der Waals surface area (Å²) in [5, 5.41) is 2.79. The molecule has 7 nitrogen and oxygen atoms in total. The smallest absolute Gasteiger partial charge is 0.409 e. The topological polar surface area (TPSA) is 70.2 Å². The summed E-state index contributed by atoms with van der Waals surface area (Å²) in [4.78, 5) is 41.6. The maximum absolute atomic E-state index is 13.6. The lowest BCUT2D eigenvalue weighted by molar-refractivity contribution is 0.00286. The number of rotatable bonds is 8. The van der Waals surface area contributed by atoms with E-state index in [0.29, 0.717) is 24.0 Å². The lowest BCUT2D eigenvalue weighted by Crippen LogP contribution is -2.50. The first-order valence-corrected chi connectivity index (χ1v) is 14.6. The Morgan fingerprint density at radius 3 is 1.48 bits per heavy atom. The van der Waals surface area contributed by atoms with Crippen molar-refractivity contribution in [1.29, 1.82) is 0 Å². The Bertz CT molecular complexity index is 1440. The van der Waals surface area contributed by atoms with E-state index >= 15 is 0 Å². The molecule has 0 radical (unpaired) electrons. The molecule has 44 heavy (non-hydrogen) atoms. The van der Waals surface area contributed by atoms with Gasteiger partial charge in [-0.3, -0.25) is 9.59 Å². The van der Waals surface area contributed by atoms with E-state index < -0.39 is 6.09 Å². The number of carbonyl (C=O) groups is 3. The summed E-state index contributed by atoms with van der Waals surface area (Å²) >= 11 is 0. The molecule has 1 aliphatic rings. The molecule has 4 aromatic rings. The third kappa shape index (κ3) is 7.47. The van der Waals surface area contributed by atoms with Crippen LogP contribution >= 0.6 is 0 Å². The molecule has 0 spiro atoms. The highest BCUT2D eigenvalue weighted by Crippen LogP contribution is 2.30. The van der Waals surface area contributed by atoms with Gasteiger partial charge in [-0.05, 0) is 72.5 Å². The predicted molar refractivity (Wildman–Crippen MR) is 162 cm³/mol. The van der Waals surface area contributed by atoms with Crippen LogP contribution in [0.15, 0.2) is 109 Å². The van der Waals surface area contributed by atoms with E-state index in [1.54, 1.807) is 72.8 Å². The predicted octanol–water partition coefficient (Wildman–Crippen LogP) is 6.53. The first-order valence-electron chi connectivity index (χ1n) is 14.6. The molecule has 5 rings (SSSR count). The summed E-state index contributed by atoms with van der Waals surface area (Å²) in [6, 6.07) is 29.8. The molecule has 9 heteroatoms. The van der Waals surface area contributed by atoms with Crippen LogP contribution < -0.4 is 0 Å². The van der Waals surface area contributed by atoms with Crippen molar-refractivity contribution in [2.75, 3.05) is 32.8 Å². The van der Waals surface area contributed by atoms with Crippen LogP contribution in [0.25, 0.3) is 0 Å². The van der Waals surface area contributed by atoms with E-state index in [0.717, 1.165) is 11.1 Å². The van der Waals surface area contributed by atoms with Crippen molar-refractivity contribution in [2.24, 2.45) is 0 Å². The van der Waals surface area contributed by atoms with Crippen molar-refractivity contribution >= 4 is 17.9 Å². The van der Waals surface area contributed by atoms with Gasteiger partial charge in [0.2, 0.25) is 0 Å². The Balaban J connectivity index is 1.23. The quantitative estimate of drug-likeness (QED) is 0.217. The van der Waals surface area contributed by atoms with Gasteiger partial charge in [0.1, 0.15) is 11.6 Å². The van der Waals surface area contributed by atoms with Crippen LogP contribution in [-0.4, -0.2) is 65.6 Å². The van der Waals surface area contributed by atoms with Gasteiger partial charge in [0.15, 0.2) is 0 Å². The van der Waals surface area contributed by atoms with Gasteiger partial charge in [-0.25, -0.2) is 23.6 Å². The molecular formula is C35H33F2N3O4. The van der Waals surface area contributed by atoms with Crippen molar-refractivity contribution in [2.45, 2.75) is 18.8 Å². The Morgan fingerprint density at radius 2 is 1.05 bits per heavy atom. The largest absolute Gasteiger partial charge is 0.449 e. The van der Waals surface area contributed by atoms with Gasteiger partial charge >= 0.3 is 6.09 Å². The summed E-state index contributed by atoms with van der Waals surface area (Å²) in [6.07, 6.45) is 0.561. The summed E-state index contributed by atoms with van der Waals surface area (Å²) < 4.78 is 32.7. The molecule has 0 N–H and O–H groups in total. The zero-order valence-electron chi connectivity index (χ0n) is 24.1. The molecule has 226 valence electrons. The van der Waals surface area contributed by atoms with Gasteiger partial charge in [0, 0.05) is 30.1 Å². The first-order chi connectivity index (χ1) is 21.4. The van der Waals surface area contributed by atoms with Crippen molar-refractivity contribution in [1.82, 2.24) is 14.9 Å². The highest BCUT2D eigenvalue weighted by atomic mass is 19.1. The van der Waals surface area contributed by atoms with Gasteiger partial charge in [0.05, 0.1) is 19.7 Å². The number of hydrazine groups is 1. The van der Waals surface area contributed by atoms with Crippen LogP contribution in [0.4, 0.5) is 13.6 Å². The molecule has 0 saturated carbocycles. The Hall–Kier alpha value is -5.05. The zero-order valence-corrected chi connectivity index (χ0v) is 24.1. The number of nitrogens with zero attached hydrogens (tertiary/aromatic N) is 3. The SMILES string of the molecule is O=C(OCCCC(c1ccc(F)cc1)c1ccc(F)cc1)N1CCN(C(=O)c2ccccc2)N(C(=O)c2ccccc2)CC1. The molecule has 0 aliphatic carbocycles. The van der Waals surface area contributed by atoms with E-state index in [4.69, 9.17) is 4.74 Å². The average Bonchev–Trinajstić information content (AvgIpc) is 3.29. The summed E-state index contributed by atoms with van der Waals surface area (Å²) in [7, 11) is 0. The average molecular weight is 598 g/mol. The lowest BCUT2D eigenvalue weighted by Gasteiger charge is -2.32. The van der Waals surface area contributed by atoms with Crippen molar-refractivity contribution in [3.63, 3.8) is 0 Å². The van der Waals surface area contributed by atoms with E-state index in [9.17, 15) is 23.2 Å². The number of amides is 3. The molecule has 4 aromatic carbocycles. The fourth-order valence-electron chi connectivity index (χ4n) is 5.30. The molecule has 3 amide bonds. The first kappa shape index (κ1) is 30.4. The maximum atomic E-state index is 13.6. The third-order valence-electron chi connectivity index (χ3n) is 7.63. The standard InChI is InChI=1S/C35H33F2N3O4/c36-30-17-13-26(14-18-30)32(27-15-19-31(37)20-16-27)12-7-25-44-35(43)38-21-23-39(33(41)28-8-3-1-4-9-28)40(24-22-38)34(42)29-10-5-2-6-11-29/h1-6,8-11,13-20,32H,7,12,21-25H2. The molecule has 1 heterocycles. The molecule has 1 saturated heterocycles. The minimum Gasteiger partial charge on any atom is -0.449 e. The number of benzene rings is 4. The molecule has 1 fully saturated rings. The molecule has 0 bridgehead atoms. The van der Waals surface area contributed by atoms with Gasteiger partial charge < -0.3 is 9.64 Å². The van der Waals surface area contributed by atoms with Crippen LogP contribution in [0.5, 0.6) is 0 Å². The fourth-order valence-corrected chi connectivity index (χ4v) is 5.30. The van der Waals surface area contributed by atoms with Crippen LogP contribution in [0.1, 0.15) is 50.6 Å². The summed E-state index contributed by atoms with van der Waals surface area (Å²) in [5.74, 6) is -1.49. The molecular weight excluding hydrogens is 564 g/mol. The van der Waals surface area contributed by atoms with E-state index in [-0.39, 0.29) is 62.2 Å². The van der Waals surface area contributed by atoms with Crippen molar-refractivity contribution < 1.29 is 27.9 Å². The second-order valence-electron chi connectivity index (χ2n) is 10.5. The van der Waals surface area contributed by atoms with E-state index in [1.807, 2.05) is 12.1 Å². The number of halogens is 2. The van der Waals surface area contributed by atoms with Crippen LogP contribution in [-0.2, 0) is 4.74 Å². The second-order valence-corrected chi connectivity index (χ2v) is 10.5. The van der Waals surface area contributed by atoms with Crippen LogP contribution in [0.3, 0.4) is 0 Å². The lowest BCUT2D eigenvalue weighted by atomic mass is 9.87. The van der Waals surface area contributed by atoms with Crippen LogP contribution in [0.2, 0.25) is 0 Å². The molecule has 0 unspecified atom stereocenters. The Labute approximate surface area is 255 Å². The van der Waals surface area contributed by atoms with Crippen LogP contribution in [0, 0.1) is 11.6 Å². The Kier molecular flexibility index (Phi) is 9.96. The third-order valence-corrected chi connectivity index (χ3v) is 7.63. The highest BCUT2D eigenvalue weighted by Gasteiger charge is 2.32. The second kappa shape index (κ2) is 14.4. The molecule has 0 aromatic heterocycles. The summed E-state index contributed by atoms with van der Waals surface area (Å²) in [6.45, 7) is 0.721. The van der Waals surface area contributed by atoms with Gasteiger partial charge in [-0.2, -0.15) is 0 Å². The van der Waals surface area contributed by atoms with Gasteiger partial charge in [0.25, 0.3) is 11.8 Å². The maximum Gasteiger partial charge on any atom is 0.409 e. The zero-order chi connectivity index (χ0) is 30.9. The highest BCUT2D eigenvalue weighted by molar-refractivity contribution is 5.99. The number of hydrogen-bond donors (Lipinski definition) is 0. The van der Waals surface area contributed by atoms with Crippen molar-refractivity contribution in [3.05, 3.63) is 143 Å². The monoisotopic (exact) mass is 597 g/mol. The number of hydrogen-bond acceptors (Lipinski definition) is 4. The molecule has 0 atom stereocenters. The number of carbonyl (C=O) groups excluding carboxylic acids is 3. The van der Waals surface area contributed by atoms with Gasteiger partial charge in [-0.15, -0.1) is 0 Å². The van der Waals surface area contributed by atoms with Crippen molar-refractivity contribution in [3.8, 4) is 0 Å². The number of ether oxygens (including phenoxy) is 1. The molecule has 1 aliphatic heterocycles. The normalized spacial score (nSPS) is 13.5. The summed E-state index contributed by atoms with van der Waals surface area (Å²) in [5.41, 5.74) is 2.63. The fraction of sp³-hybridized carbons (Fsp3) is 0.229. The minimum atomic E-state index is -0.536. The van der Waals surface area contributed by atoms with E-state index in [1.165, 1.54) is 39.2 Å². The Morgan fingerprint density at radius 1 is 0.614 bits per heavy atom. The van der Waals surface area contributed by atoms with E-state index in [2.05, 4.69) is 0 Å². The van der Waals surface area contributed by atoms with Gasteiger partial charge in [-0.1, -0.05) is 60.7 Å².